The lowest BCUT2D eigenvalue weighted by Gasteiger charge is -2.26. The number of anilines is 2. The van der Waals surface area contributed by atoms with E-state index >= 15 is 0 Å². The summed E-state index contributed by atoms with van der Waals surface area (Å²) in [6.07, 6.45) is 1.75. The molecule has 0 aromatic heterocycles. The number of nitrogens with one attached hydrogen (secondary N) is 2. The van der Waals surface area contributed by atoms with E-state index in [0.717, 1.165) is 47.3 Å². The normalized spacial score (nSPS) is 15.5. The molecule has 2 aromatic carbocycles. The molecule has 1 atom stereocenters. The average Bonchev–Trinajstić information content (AvgIpc) is 3.06. The molecule has 7 nitrogen and oxygen atoms in total. The molecule has 2 aliphatic heterocycles. The number of benzene rings is 2. The Labute approximate surface area is 175 Å². The number of amides is 3. The van der Waals surface area contributed by atoms with Gasteiger partial charge < -0.3 is 20.3 Å². The molecule has 0 saturated carbocycles. The van der Waals surface area contributed by atoms with Gasteiger partial charge in [-0.3, -0.25) is 14.4 Å². The highest BCUT2D eigenvalue weighted by Gasteiger charge is 2.32. The van der Waals surface area contributed by atoms with E-state index in [1.54, 1.807) is 13.2 Å². The summed E-state index contributed by atoms with van der Waals surface area (Å²) in [6, 6.07) is 11.4. The van der Waals surface area contributed by atoms with Crippen molar-refractivity contribution in [3.63, 3.8) is 0 Å². The van der Waals surface area contributed by atoms with Crippen molar-refractivity contribution in [1.29, 1.82) is 0 Å². The second-order valence-corrected chi connectivity index (χ2v) is 7.71. The van der Waals surface area contributed by atoms with Gasteiger partial charge in [-0.2, -0.15) is 0 Å². The van der Waals surface area contributed by atoms with Gasteiger partial charge >= 0.3 is 11.8 Å². The summed E-state index contributed by atoms with van der Waals surface area (Å²) in [4.78, 5) is 38.8. The molecule has 0 saturated heterocycles. The first kappa shape index (κ1) is 20.1. The van der Waals surface area contributed by atoms with Crippen LogP contribution in [0.25, 0.3) is 0 Å². The van der Waals surface area contributed by atoms with Crippen LogP contribution in [0.5, 0.6) is 0 Å². The number of hydrogen-bond acceptors (Lipinski definition) is 4. The van der Waals surface area contributed by atoms with Crippen molar-refractivity contribution in [2.75, 3.05) is 30.4 Å². The number of ether oxygens (including phenoxy) is 1. The van der Waals surface area contributed by atoms with Crippen LogP contribution in [0, 0.1) is 6.92 Å². The van der Waals surface area contributed by atoms with E-state index < -0.39 is 11.8 Å². The fourth-order valence-electron chi connectivity index (χ4n) is 4.27. The highest BCUT2D eigenvalue weighted by atomic mass is 16.5. The molecule has 4 rings (SSSR count). The summed E-state index contributed by atoms with van der Waals surface area (Å²) in [6.45, 7) is 2.91. The van der Waals surface area contributed by atoms with Gasteiger partial charge in [-0.05, 0) is 54.2 Å². The van der Waals surface area contributed by atoms with E-state index in [9.17, 15) is 14.4 Å². The van der Waals surface area contributed by atoms with Gasteiger partial charge in [0, 0.05) is 25.9 Å². The lowest BCUT2D eigenvalue weighted by Crippen LogP contribution is -2.38. The third-order valence-electron chi connectivity index (χ3n) is 5.74. The molecular weight excluding hydrogens is 382 g/mol. The van der Waals surface area contributed by atoms with Crippen LogP contribution in [0.3, 0.4) is 0 Å². The summed E-state index contributed by atoms with van der Waals surface area (Å²) in [7, 11) is 1.57. The number of carbonyl (C=O) groups excluding carboxylic acids is 3. The molecule has 1 unspecified atom stereocenters. The van der Waals surface area contributed by atoms with E-state index in [0.29, 0.717) is 12.1 Å². The van der Waals surface area contributed by atoms with Gasteiger partial charge in [0.15, 0.2) is 0 Å². The molecular formula is C23H25N3O4. The highest BCUT2D eigenvalue weighted by molar-refractivity contribution is 6.39. The van der Waals surface area contributed by atoms with Crippen molar-refractivity contribution in [1.82, 2.24) is 5.32 Å². The number of nitrogens with zero attached hydrogens (tertiary/aromatic N) is 1. The molecule has 0 bridgehead atoms. The molecule has 30 heavy (non-hydrogen) atoms. The summed E-state index contributed by atoms with van der Waals surface area (Å²) in [5.41, 5.74) is 5.50. The van der Waals surface area contributed by atoms with Crippen LogP contribution in [0.15, 0.2) is 36.4 Å². The Balaban J connectivity index is 1.41. The third kappa shape index (κ3) is 3.80. The Kier molecular flexibility index (Phi) is 5.55. The molecule has 2 N–H and O–H groups in total. The molecule has 7 heteroatoms. The topological polar surface area (TPSA) is 87.7 Å². The first-order chi connectivity index (χ1) is 14.5. The van der Waals surface area contributed by atoms with Crippen molar-refractivity contribution >= 4 is 29.1 Å². The predicted octanol–water partition coefficient (Wildman–Crippen LogP) is 2.27. The van der Waals surface area contributed by atoms with Crippen LogP contribution in [-0.4, -0.2) is 37.9 Å². The van der Waals surface area contributed by atoms with E-state index in [2.05, 4.69) is 10.6 Å². The second kappa shape index (κ2) is 8.28. The molecule has 0 spiro atoms. The van der Waals surface area contributed by atoms with E-state index in [1.165, 1.54) is 0 Å². The van der Waals surface area contributed by atoms with Crippen LogP contribution in [0.1, 0.15) is 34.8 Å². The van der Waals surface area contributed by atoms with Gasteiger partial charge in [0.25, 0.3) is 0 Å². The Hall–Kier alpha value is -3.19. The van der Waals surface area contributed by atoms with Crippen LogP contribution < -0.4 is 15.5 Å². The maximum Gasteiger partial charge on any atom is 0.313 e. The van der Waals surface area contributed by atoms with E-state index in [1.807, 2.05) is 42.2 Å². The van der Waals surface area contributed by atoms with Crippen LogP contribution >= 0.6 is 0 Å². The van der Waals surface area contributed by atoms with Crippen LogP contribution in [0.2, 0.25) is 0 Å². The van der Waals surface area contributed by atoms with Gasteiger partial charge in [-0.15, -0.1) is 0 Å². The number of carbonyl (C=O) groups is 3. The Morgan fingerprint density at radius 3 is 2.70 bits per heavy atom. The summed E-state index contributed by atoms with van der Waals surface area (Å²) >= 11 is 0. The first-order valence-corrected chi connectivity index (χ1v) is 10.1. The number of hydrogen-bond donors (Lipinski definition) is 2. The zero-order chi connectivity index (χ0) is 21.3. The largest absolute Gasteiger partial charge is 0.375 e. The Bertz CT molecular complexity index is 1020. The summed E-state index contributed by atoms with van der Waals surface area (Å²) < 4.78 is 5.49. The lowest BCUT2D eigenvalue weighted by atomic mass is 9.99. The number of rotatable bonds is 5. The fourth-order valence-corrected chi connectivity index (χ4v) is 4.27. The zero-order valence-corrected chi connectivity index (χ0v) is 17.2. The molecule has 2 heterocycles. The maximum absolute atomic E-state index is 12.4. The van der Waals surface area contributed by atoms with Gasteiger partial charge in [0.2, 0.25) is 5.91 Å². The number of methoxy groups -OCH3 is 1. The van der Waals surface area contributed by atoms with Crippen LogP contribution in [0.4, 0.5) is 11.4 Å². The van der Waals surface area contributed by atoms with Gasteiger partial charge in [0.1, 0.15) is 0 Å². The quantitative estimate of drug-likeness (QED) is 0.745. The second-order valence-electron chi connectivity index (χ2n) is 7.71. The monoisotopic (exact) mass is 407 g/mol. The maximum atomic E-state index is 12.4. The van der Waals surface area contributed by atoms with Gasteiger partial charge in [0.05, 0.1) is 18.2 Å². The average molecular weight is 407 g/mol. The highest BCUT2D eigenvalue weighted by Crippen LogP contribution is 2.38. The van der Waals surface area contributed by atoms with Gasteiger partial charge in [-0.25, -0.2) is 0 Å². The van der Waals surface area contributed by atoms with Crippen molar-refractivity contribution in [2.24, 2.45) is 0 Å². The number of aryl methyl sites for hydroxylation is 2. The molecule has 156 valence electrons. The molecule has 0 fully saturated rings. The first-order valence-electron chi connectivity index (χ1n) is 10.1. The Morgan fingerprint density at radius 2 is 1.93 bits per heavy atom. The third-order valence-corrected chi connectivity index (χ3v) is 5.74. The van der Waals surface area contributed by atoms with Crippen molar-refractivity contribution in [3.8, 4) is 0 Å². The minimum absolute atomic E-state index is 0.0917. The van der Waals surface area contributed by atoms with Crippen LogP contribution in [-0.2, 0) is 32.0 Å². The zero-order valence-electron chi connectivity index (χ0n) is 17.2. The molecule has 0 radical (unpaired) electrons. The standard InChI is InChI=1S/C23H25N3O4/c1-14-6-3-4-8-18(14)19(30-2)13-24-22(28)23(29)25-17-10-15-7-5-9-26-20(27)12-16(11-17)21(15)26/h3-4,6,8,10-11,19H,5,7,9,12-13H2,1-2H3,(H,24,28)(H,25,29). The van der Waals surface area contributed by atoms with E-state index in [-0.39, 0.29) is 18.6 Å². The van der Waals surface area contributed by atoms with E-state index in [4.69, 9.17) is 4.74 Å². The lowest BCUT2D eigenvalue weighted by molar-refractivity contribution is -0.136. The smallest absolute Gasteiger partial charge is 0.313 e. The molecule has 2 aliphatic rings. The molecule has 2 aromatic rings. The fraction of sp³-hybridized carbons (Fsp3) is 0.348. The SMILES string of the molecule is COC(CNC(=O)C(=O)Nc1cc2c3c(c1)CC(=O)N3CCC2)c1ccccc1C. The minimum Gasteiger partial charge on any atom is -0.375 e. The van der Waals surface area contributed by atoms with Crippen molar-refractivity contribution < 1.29 is 19.1 Å². The molecule has 3 amide bonds. The summed E-state index contributed by atoms with van der Waals surface area (Å²) in [5.74, 6) is -1.37. The van der Waals surface area contributed by atoms with Gasteiger partial charge in [-0.1, -0.05) is 24.3 Å². The minimum atomic E-state index is -0.737. The predicted molar refractivity (Wildman–Crippen MR) is 113 cm³/mol. The van der Waals surface area contributed by atoms with Crippen molar-refractivity contribution in [2.45, 2.75) is 32.3 Å². The Morgan fingerprint density at radius 1 is 1.17 bits per heavy atom. The van der Waals surface area contributed by atoms with Crippen molar-refractivity contribution in [3.05, 3.63) is 58.7 Å². The molecule has 0 aliphatic carbocycles. The summed E-state index contributed by atoms with van der Waals surface area (Å²) in [5, 5.41) is 5.32.